The number of nitrogens with zero attached hydrogens (tertiary/aromatic N) is 3. The highest BCUT2D eigenvalue weighted by atomic mass is 16.2. The van der Waals surface area contributed by atoms with Crippen LogP contribution in [-0.4, -0.2) is 27.0 Å². The van der Waals surface area contributed by atoms with Crippen LogP contribution in [0.5, 0.6) is 0 Å². The van der Waals surface area contributed by atoms with E-state index in [0.717, 1.165) is 16.8 Å². The zero-order valence-corrected chi connectivity index (χ0v) is 19.9. The van der Waals surface area contributed by atoms with Crippen molar-refractivity contribution in [3.63, 3.8) is 0 Å². The van der Waals surface area contributed by atoms with Crippen molar-refractivity contribution in [2.75, 3.05) is 6.54 Å². The first-order valence-corrected chi connectivity index (χ1v) is 11.7. The topological polar surface area (TPSA) is 67.2 Å². The number of carbonyl (C=O) groups excluding carboxylic acids is 1. The maximum atomic E-state index is 13.8. The minimum absolute atomic E-state index is 0.139. The molecule has 0 aliphatic rings. The number of hydrogen-bond donors (Lipinski definition) is 1. The molecule has 0 spiro atoms. The third-order valence-electron chi connectivity index (χ3n) is 5.91. The van der Waals surface area contributed by atoms with E-state index in [1.165, 1.54) is 0 Å². The summed E-state index contributed by atoms with van der Waals surface area (Å²) in [5, 5.41) is 3.49. The van der Waals surface area contributed by atoms with Gasteiger partial charge in [0.25, 0.3) is 5.56 Å². The summed E-state index contributed by atoms with van der Waals surface area (Å²) in [6, 6.07) is 24.5. The van der Waals surface area contributed by atoms with Crippen molar-refractivity contribution >= 4 is 16.9 Å². The summed E-state index contributed by atoms with van der Waals surface area (Å²) in [6.45, 7) is 6.83. The molecule has 6 heteroatoms. The van der Waals surface area contributed by atoms with Crippen molar-refractivity contribution in [2.45, 2.75) is 39.8 Å². The van der Waals surface area contributed by atoms with E-state index in [-0.39, 0.29) is 11.6 Å². The van der Waals surface area contributed by atoms with E-state index in [1.807, 2.05) is 93.6 Å². The Balaban J connectivity index is 1.94. The second kappa shape index (κ2) is 10.3. The number of nitrogens with one attached hydrogen (secondary N) is 1. The maximum absolute atomic E-state index is 13.8. The predicted molar refractivity (Wildman–Crippen MR) is 136 cm³/mol. The Morgan fingerprint density at radius 3 is 2.44 bits per heavy atom. The lowest BCUT2D eigenvalue weighted by Crippen LogP contribution is -2.43. The van der Waals surface area contributed by atoms with Gasteiger partial charge in [-0.1, -0.05) is 61.5 Å². The molecule has 34 heavy (non-hydrogen) atoms. The minimum Gasteiger partial charge on any atom is -0.338 e. The highest BCUT2D eigenvalue weighted by Gasteiger charge is 2.29. The van der Waals surface area contributed by atoms with E-state index in [1.54, 1.807) is 15.5 Å². The van der Waals surface area contributed by atoms with E-state index in [2.05, 4.69) is 5.32 Å². The van der Waals surface area contributed by atoms with Crippen molar-refractivity contribution in [1.29, 1.82) is 0 Å². The molecule has 0 bridgehead atoms. The monoisotopic (exact) mass is 454 g/mol. The molecule has 0 saturated carbocycles. The standard InChI is InChI=1S/C28H30N4O2/c1-4-25(31(28(34)29-5-2)19-21-13-7-6-8-14-21)26-30-24-17-10-9-16-23(24)27(33)32(26)22-15-11-12-20(3)18-22/h6-18,25H,4-5,19H2,1-3H3,(H,29,34). The van der Waals surface area contributed by atoms with Crippen LogP contribution in [0.1, 0.15) is 43.3 Å². The molecular formula is C28H30N4O2. The molecule has 4 aromatic rings. The highest BCUT2D eigenvalue weighted by molar-refractivity contribution is 5.78. The summed E-state index contributed by atoms with van der Waals surface area (Å²) in [5.74, 6) is 0.555. The number of aryl methyl sites for hydroxylation is 1. The van der Waals surface area contributed by atoms with Gasteiger partial charge in [-0.05, 0) is 55.7 Å². The Hall–Kier alpha value is -3.93. The molecule has 2 amide bonds. The number of para-hydroxylation sites is 1. The fourth-order valence-electron chi connectivity index (χ4n) is 4.29. The van der Waals surface area contributed by atoms with Gasteiger partial charge in [-0.15, -0.1) is 0 Å². The molecule has 1 N–H and O–H groups in total. The molecule has 0 aliphatic heterocycles. The molecule has 1 unspecified atom stereocenters. The molecule has 0 saturated heterocycles. The van der Waals surface area contributed by atoms with Gasteiger partial charge in [0.05, 0.1) is 22.6 Å². The molecule has 3 aromatic carbocycles. The zero-order valence-electron chi connectivity index (χ0n) is 19.9. The van der Waals surface area contributed by atoms with Crippen LogP contribution >= 0.6 is 0 Å². The van der Waals surface area contributed by atoms with Gasteiger partial charge in [0, 0.05) is 13.1 Å². The van der Waals surface area contributed by atoms with Gasteiger partial charge in [0.1, 0.15) is 5.82 Å². The number of urea groups is 1. The number of hydrogen-bond acceptors (Lipinski definition) is 3. The Morgan fingerprint density at radius 2 is 1.74 bits per heavy atom. The summed E-state index contributed by atoms with van der Waals surface area (Å²) in [6.07, 6.45) is 0.598. The van der Waals surface area contributed by atoms with Crippen LogP contribution in [0.4, 0.5) is 4.79 Å². The van der Waals surface area contributed by atoms with Gasteiger partial charge in [0.15, 0.2) is 0 Å². The summed E-state index contributed by atoms with van der Waals surface area (Å²) in [7, 11) is 0. The van der Waals surface area contributed by atoms with Crippen molar-refractivity contribution in [1.82, 2.24) is 19.8 Å². The average molecular weight is 455 g/mol. The van der Waals surface area contributed by atoms with Crippen molar-refractivity contribution < 1.29 is 4.79 Å². The van der Waals surface area contributed by atoms with Gasteiger partial charge < -0.3 is 10.2 Å². The molecule has 6 nitrogen and oxygen atoms in total. The van der Waals surface area contributed by atoms with Gasteiger partial charge in [0.2, 0.25) is 0 Å². The van der Waals surface area contributed by atoms with E-state index in [4.69, 9.17) is 4.98 Å². The maximum Gasteiger partial charge on any atom is 0.318 e. The first-order chi connectivity index (χ1) is 16.5. The molecular weight excluding hydrogens is 424 g/mol. The Kier molecular flexibility index (Phi) is 7.07. The van der Waals surface area contributed by atoms with Crippen LogP contribution in [-0.2, 0) is 6.54 Å². The van der Waals surface area contributed by atoms with Gasteiger partial charge in [-0.2, -0.15) is 0 Å². The van der Waals surface area contributed by atoms with E-state index < -0.39 is 6.04 Å². The second-order valence-electron chi connectivity index (χ2n) is 8.34. The number of fused-ring (bicyclic) bond motifs is 1. The smallest absolute Gasteiger partial charge is 0.318 e. The number of aromatic nitrogens is 2. The van der Waals surface area contributed by atoms with Crippen LogP contribution in [0.2, 0.25) is 0 Å². The fourth-order valence-corrected chi connectivity index (χ4v) is 4.29. The van der Waals surface area contributed by atoms with Crippen LogP contribution in [0.25, 0.3) is 16.6 Å². The zero-order chi connectivity index (χ0) is 24.1. The van der Waals surface area contributed by atoms with Crippen LogP contribution in [0.3, 0.4) is 0 Å². The summed E-state index contributed by atoms with van der Waals surface area (Å²) in [5.41, 5.74) is 3.28. The summed E-state index contributed by atoms with van der Waals surface area (Å²) < 4.78 is 1.67. The predicted octanol–water partition coefficient (Wildman–Crippen LogP) is 5.38. The van der Waals surface area contributed by atoms with Crippen LogP contribution in [0.15, 0.2) is 83.7 Å². The molecule has 174 valence electrons. The number of rotatable bonds is 7. The lowest BCUT2D eigenvalue weighted by atomic mass is 10.1. The van der Waals surface area contributed by atoms with Gasteiger partial charge in [-0.25, -0.2) is 9.78 Å². The number of carbonyl (C=O) groups is 1. The van der Waals surface area contributed by atoms with Crippen molar-refractivity contribution in [2.24, 2.45) is 0 Å². The van der Waals surface area contributed by atoms with Gasteiger partial charge >= 0.3 is 6.03 Å². The molecule has 0 radical (unpaired) electrons. The average Bonchev–Trinajstić information content (AvgIpc) is 2.85. The number of benzene rings is 3. The van der Waals surface area contributed by atoms with Crippen molar-refractivity contribution in [3.05, 3.63) is 106 Å². The summed E-state index contributed by atoms with van der Waals surface area (Å²) >= 11 is 0. The quantitative estimate of drug-likeness (QED) is 0.408. The Morgan fingerprint density at radius 1 is 1.00 bits per heavy atom. The Bertz CT molecular complexity index is 1350. The van der Waals surface area contributed by atoms with E-state index in [9.17, 15) is 9.59 Å². The lowest BCUT2D eigenvalue weighted by Gasteiger charge is -2.32. The molecule has 1 heterocycles. The van der Waals surface area contributed by atoms with E-state index >= 15 is 0 Å². The largest absolute Gasteiger partial charge is 0.338 e. The molecule has 4 rings (SSSR count). The third kappa shape index (κ3) is 4.71. The van der Waals surface area contributed by atoms with Crippen LogP contribution < -0.4 is 10.9 Å². The molecule has 1 aromatic heterocycles. The first kappa shape index (κ1) is 23.2. The second-order valence-corrected chi connectivity index (χ2v) is 8.34. The van der Waals surface area contributed by atoms with Gasteiger partial charge in [-0.3, -0.25) is 9.36 Å². The fraction of sp³-hybridized carbons (Fsp3) is 0.250. The van der Waals surface area contributed by atoms with Crippen molar-refractivity contribution in [3.8, 4) is 5.69 Å². The Labute approximate surface area is 199 Å². The SMILES string of the molecule is CCNC(=O)N(Cc1ccccc1)C(CC)c1nc2ccccc2c(=O)n1-c1cccc(C)c1. The molecule has 1 atom stereocenters. The minimum atomic E-state index is -0.412. The lowest BCUT2D eigenvalue weighted by molar-refractivity contribution is 0.164. The first-order valence-electron chi connectivity index (χ1n) is 11.7. The third-order valence-corrected chi connectivity index (χ3v) is 5.91. The normalized spacial score (nSPS) is 11.9. The summed E-state index contributed by atoms with van der Waals surface area (Å²) in [4.78, 5) is 33.8. The van der Waals surface area contributed by atoms with E-state index in [0.29, 0.717) is 36.2 Å². The highest BCUT2D eigenvalue weighted by Crippen LogP contribution is 2.28. The molecule has 0 fully saturated rings. The number of amides is 2. The molecule has 0 aliphatic carbocycles. The van der Waals surface area contributed by atoms with Crippen LogP contribution in [0, 0.1) is 6.92 Å².